The van der Waals surface area contributed by atoms with Crippen LogP contribution in [0, 0.1) is 17.6 Å². The molecule has 2 aromatic carbocycles. The molecule has 3 rings (SSSR count). The molecule has 1 nitrogen and oxygen atoms in total. The van der Waals surface area contributed by atoms with Crippen LogP contribution in [-0.2, 0) is 11.2 Å². The van der Waals surface area contributed by atoms with E-state index in [0.29, 0.717) is 23.5 Å². The average Bonchev–Trinajstić information content (AvgIpc) is 2.83. The number of benzene rings is 2. The lowest BCUT2D eigenvalue weighted by atomic mass is 9.79. The summed E-state index contributed by atoms with van der Waals surface area (Å²) in [5.41, 5.74) is 2.08. The summed E-state index contributed by atoms with van der Waals surface area (Å²) in [4.78, 5) is 0. The van der Waals surface area contributed by atoms with E-state index in [1.54, 1.807) is 36.4 Å². The fraction of sp³-hybridized carbons (Fsp3) is 0.357. The van der Waals surface area contributed by atoms with E-state index in [1.807, 2.05) is 0 Å². The van der Waals surface area contributed by atoms with Crippen molar-refractivity contribution in [1.82, 2.24) is 0 Å². The van der Waals surface area contributed by atoms with E-state index in [-0.39, 0.29) is 23.5 Å². The Morgan fingerprint density at radius 2 is 1.55 bits per heavy atom. The number of hydrogen-bond acceptors (Lipinski definition) is 1. The zero-order valence-corrected chi connectivity index (χ0v) is 19.2. The highest BCUT2D eigenvalue weighted by Crippen LogP contribution is 2.38. The van der Waals surface area contributed by atoms with E-state index in [1.165, 1.54) is 7.11 Å². The summed E-state index contributed by atoms with van der Waals surface area (Å²) in [5.74, 6) is -3.51. The van der Waals surface area contributed by atoms with E-state index in [9.17, 15) is 17.6 Å². The van der Waals surface area contributed by atoms with Gasteiger partial charge >= 0.3 is 0 Å². The van der Waals surface area contributed by atoms with E-state index in [2.05, 4.69) is 24.8 Å². The molecule has 2 aromatic rings. The Labute approximate surface area is 193 Å². The van der Waals surface area contributed by atoms with Crippen molar-refractivity contribution in [3.8, 4) is 11.1 Å². The molecule has 1 aliphatic rings. The number of ether oxygens (including phenoxy) is 1. The Balaban J connectivity index is 1.69. The van der Waals surface area contributed by atoms with Gasteiger partial charge in [0.25, 0.3) is 0 Å². The fourth-order valence-electron chi connectivity index (χ4n) is 4.30. The van der Waals surface area contributed by atoms with Crippen LogP contribution in [0.1, 0.15) is 56.1 Å². The highest BCUT2D eigenvalue weighted by atomic mass is 19.2. The zero-order chi connectivity index (χ0) is 24.1. The van der Waals surface area contributed by atoms with Crippen molar-refractivity contribution in [1.29, 1.82) is 0 Å². The SMILES string of the molecule is C=C(CCc1ccc(-c2ccc(C3CCC(C)CC3)c(F)c2F)cc1)/C(F)=C(/F)C(=C)OC. The van der Waals surface area contributed by atoms with Crippen LogP contribution in [0.3, 0.4) is 0 Å². The molecule has 176 valence electrons. The number of aryl methyl sites for hydroxylation is 1. The minimum Gasteiger partial charge on any atom is -0.494 e. The van der Waals surface area contributed by atoms with Gasteiger partial charge in [0.2, 0.25) is 0 Å². The second-order valence-corrected chi connectivity index (χ2v) is 8.84. The predicted molar refractivity (Wildman–Crippen MR) is 125 cm³/mol. The molecule has 5 heteroatoms. The topological polar surface area (TPSA) is 9.23 Å². The molecule has 0 spiro atoms. The van der Waals surface area contributed by atoms with Gasteiger partial charge in [0.05, 0.1) is 7.11 Å². The van der Waals surface area contributed by atoms with Crippen LogP contribution in [-0.4, -0.2) is 7.11 Å². The van der Waals surface area contributed by atoms with Gasteiger partial charge in [-0.05, 0) is 59.8 Å². The Morgan fingerprint density at radius 1 is 0.909 bits per heavy atom. The normalized spacial score (nSPS) is 19.1. The molecule has 0 radical (unpaired) electrons. The van der Waals surface area contributed by atoms with Crippen LogP contribution in [0.15, 0.2) is 72.5 Å². The average molecular weight is 459 g/mol. The molecule has 1 aliphatic carbocycles. The Hall–Kier alpha value is -2.82. The van der Waals surface area contributed by atoms with E-state index >= 15 is 0 Å². The first-order valence-corrected chi connectivity index (χ1v) is 11.3. The van der Waals surface area contributed by atoms with Crippen molar-refractivity contribution in [3.63, 3.8) is 0 Å². The molecule has 0 aliphatic heterocycles. The van der Waals surface area contributed by atoms with Crippen molar-refractivity contribution in [2.45, 2.75) is 51.4 Å². The largest absolute Gasteiger partial charge is 0.494 e. The zero-order valence-electron chi connectivity index (χ0n) is 19.2. The van der Waals surface area contributed by atoms with Crippen LogP contribution in [0.4, 0.5) is 17.6 Å². The third-order valence-electron chi connectivity index (χ3n) is 6.54. The van der Waals surface area contributed by atoms with Gasteiger partial charge in [-0.15, -0.1) is 0 Å². The van der Waals surface area contributed by atoms with E-state index in [0.717, 1.165) is 31.2 Å². The number of methoxy groups -OCH3 is 1. The first-order valence-electron chi connectivity index (χ1n) is 11.3. The predicted octanol–water partition coefficient (Wildman–Crippen LogP) is 8.73. The van der Waals surface area contributed by atoms with Gasteiger partial charge in [-0.1, -0.05) is 69.3 Å². The standard InChI is InChI=1S/C28H30F4O/c1-17-5-11-21(12-6-17)23-15-16-24(28(32)27(23)31)22-13-9-20(10-14-22)8-7-18(2)25(29)26(30)19(3)33-4/h9-10,13-17,21H,2-3,5-8,11-12H2,1,4H3/b26-25-. The monoisotopic (exact) mass is 458 g/mol. The quantitative estimate of drug-likeness (QED) is 0.218. The van der Waals surface area contributed by atoms with E-state index in [4.69, 9.17) is 0 Å². The molecule has 33 heavy (non-hydrogen) atoms. The lowest BCUT2D eigenvalue weighted by molar-refractivity contribution is 0.280. The first kappa shape index (κ1) is 24.8. The fourth-order valence-corrected chi connectivity index (χ4v) is 4.30. The number of rotatable bonds is 8. The minimum atomic E-state index is -1.17. The summed E-state index contributed by atoms with van der Waals surface area (Å²) in [6.45, 7) is 9.07. The van der Waals surface area contributed by atoms with Crippen LogP contribution < -0.4 is 0 Å². The lowest BCUT2D eigenvalue weighted by Gasteiger charge is -2.27. The smallest absolute Gasteiger partial charge is 0.200 e. The second-order valence-electron chi connectivity index (χ2n) is 8.84. The summed E-state index contributed by atoms with van der Waals surface area (Å²) in [5, 5.41) is 0. The van der Waals surface area contributed by atoms with Gasteiger partial charge < -0.3 is 4.74 Å². The molecule has 0 amide bonds. The number of hydrogen-bond donors (Lipinski definition) is 0. The van der Waals surface area contributed by atoms with Crippen molar-refractivity contribution in [2.24, 2.45) is 5.92 Å². The van der Waals surface area contributed by atoms with Gasteiger partial charge in [0.15, 0.2) is 23.3 Å². The van der Waals surface area contributed by atoms with Crippen LogP contribution in [0.25, 0.3) is 11.1 Å². The second kappa shape index (κ2) is 10.9. The molecule has 1 fully saturated rings. The summed E-state index contributed by atoms with van der Waals surface area (Å²) in [6, 6.07) is 10.3. The summed E-state index contributed by atoms with van der Waals surface area (Å²) >= 11 is 0. The maximum atomic E-state index is 14.9. The molecule has 0 N–H and O–H groups in total. The maximum Gasteiger partial charge on any atom is 0.200 e. The van der Waals surface area contributed by atoms with Crippen LogP contribution in [0.2, 0.25) is 0 Å². The highest BCUT2D eigenvalue weighted by Gasteiger charge is 2.25. The van der Waals surface area contributed by atoms with Gasteiger partial charge in [-0.2, -0.15) is 4.39 Å². The summed E-state index contributed by atoms with van der Waals surface area (Å²) < 4.78 is 62.2. The molecule has 1 saturated carbocycles. The summed E-state index contributed by atoms with van der Waals surface area (Å²) in [7, 11) is 1.21. The van der Waals surface area contributed by atoms with Crippen molar-refractivity contribution in [2.75, 3.05) is 7.11 Å². The van der Waals surface area contributed by atoms with Crippen molar-refractivity contribution in [3.05, 3.63) is 95.3 Å². The highest BCUT2D eigenvalue weighted by molar-refractivity contribution is 5.65. The molecule has 0 atom stereocenters. The third-order valence-corrected chi connectivity index (χ3v) is 6.54. The first-order chi connectivity index (χ1) is 15.7. The Kier molecular flexibility index (Phi) is 8.17. The van der Waals surface area contributed by atoms with Crippen molar-refractivity contribution >= 4 is 0 Å². The number of halogens is 4. The molecule has 0 aromatic heterocycles. The minimum absolute atomic E-state index is 0.00409. The summed E-state index contributed by atoms with van der Waals surface area (Å²) in [6.07, 6.45) is 4.44. The van der Waals surface area contributed by atoms with Gasteiger partial charge in [-0.3, -0.25) is 0 Å². The third kappa shape index (κ3) is 5.76. The van der Waals surface area contributed by atoms with Crippen LogP contribution >= 0.6 is 0 Å². The van der Waals surface area contributed by atoms with E-state index < -0.39 is 29.0 Å². The number of allylic oxidation sites excluding steroid dienone is 3. The van der Waals surface area contributed by atoms with Gasteiger partial charge in [0.1, 0.15) is 5.76 Å². The van der Waals surface area contributed by atoms with Crippen LogP contribution in [0.5, 0.6) is 0 Å². The molecule has 0 heterocycles. The van der Waals surface area contributed by atoms with Gasteiger partial charge in [0, 0.05) is 5.56 Å². The molecule has 0 saturated heterocycles. The molecular formula is C28H30F4O. The van der Waals surface area contributed by atoms with Gasteiger partial charge in [-0.25, -0.2) is 13.2 Å². The molecule has 0 unspecified atom stereocenters. The molecule has 0 bridgehead atoms. The van der Waals surface area contributed by atoms with Crippen molar-refractivity contribution < 1.29 is 22.3 Å². The maximum absolute atomic E-state index is 14.9. The molecular weight excluding hydrogens is 428 g/mol. The Bertz CT molecular complexity index is 1040. The lowest BCUT2D eigenvalue weighted by Crippen LogP contribution is -2.13. The Morgan fingerprint density at radius 3 is 2.15 bits per heavy atom.